The van der Waals surface area contributed by atoms with E-state index in [-0.39, 0.29) is 11.6 Å². The van der Waals surface area contributed by atoms with Gasteiger partial charge in [0.2, 0.25) is 0 Å². The third-order valence-corrected chi connectivity index (χ3v) is 5.23. The Balaban J connectivity index is 1.58. The summed E-state index contributed by atoms with van der Waals surface area (Å²) in [6, 6.07) is 19.9. The molecule has 1 heterocycles. The van der Waals surface area contributed by atoms with Crippen molar-refractivity contribution in [1.82, 2.24) is 14.9 Å². The largest absolute Gasteiger partial charge is 0.497 e. The smallest absolute Gasteiger partial charge is 0.258 e. The molecule has 5 heteroatoms. The highest BCUT2D eigenvalue weighted by Crippen LogP contribution is 2.24. The first-order chi connectivity index (χ1) is 13.5. The third-order valence-electron chi connectivity index (χ3n) is 5.23. The monoisotopic (exact) mass is 373 g/mol. The number of benzene rings is 3. The number of aromatic amines is 1. The van der Waals surface area contributed by atoms with E-state index in [9.17, 15) is 4.79 Å². The van der Waals surface area contributed by atoms with E-state index < -0.39 is 0 Å². The first-order valence-corrected chi connectivity index (χ1v) is 9.31. The van der Waals surface area contributed by atoms with Crippen molar-refractivity contribution in [3.8, 4) is 5.75 Å². The summed E-state index contributed by atoms with van der Waals surface area (Å²) in [6.45, 7) is 2.80. The lowest BCUT2D eigenvalue weighted by atomic mass is 10.1. The Kier molecular flexibility index (Phi) is 4.84. The normalized spacial score (nSPS) is 12.6. The van der Waals surface area contributed by atoms with Gasteiger partial charge in [-0.3, -0.25) is 9.69 Å². The van der Waals surface area contributed by atoms with Crippen LogP contribution in [0.3, 0.4) is 0 Å². The van der Waals surface area contributed by atoms with Crippen LogP contribution in [-0.4, -0.2) is 29.0 Å². The van der Waals surface area contributed by atoms with Crippen LogP contribution < -0.4 is 10.3 Å². The fourth-order valence-electron chi connectivity index (χ4n) is 3.43. The maximum absolute atomic E-state index is 12.4. The van der Waals surface area contributed by atoms with Crippen molar-refractivity contribution < 1.29 is 4.74 Å². The number of hydrogen-bond donors (Lipinski definition) is 1. The lowest BCUT2D eigenvalue weighted by Gasteiger charge is -2.24. The third kappa shape index (κ3) is 3.49. The van der Waals surface area contributed by atoms with Gasteiger partial charge < -0.3 is 9.72 Å². The number of para-hydroxylation sites is 1. The summed E-state index contributed by atoms with van der Waals surface area (Å²) in [5.74, 6) is 1.54. The standard InChI is InChI=1S/C23H23N3O2/c1-15(22-24-21-7-5-4-6-20(21)23(27)25-22)26(2)14-16-8-9-18-13-19(28-3)11-10-17(18)12-16/h4-13,15H,14H2,1-3H3,(H,24,25,27)/t15-/m1/s1. The molecule has 0 amide bonds. The minimum absolute atomic E-state index is 0.0242. The summed E-state index contributed by atoms with van der Waals surface area (Å²) >= 11 is 0. The summed E-state index contributed by atoms with van der Waals surface area (Å²) in [5, 5.41) is 2.95. The zero-order valence-corrected chi connectivity index (χ0v) is 16.3. The van der Waals surface area contributed by atoms with Gasteiger partial charge in [0.25, 0.3) is 5.56 Å². The van der Waals surface area contributed by atoms with E-state index in [0.717, 1.165) is 23.2 Å². The van der Waals surface area contributed by atoms with Gasteiger partial charge in [0.15, 0.2) is 0 Å². The van der Waals surface area contributed by atoms with Gasteiger partial charge in [-0.25, -0.2) is 4.98 Å². The second-order valence-electron chi connectivity index (χ2n) is 7.11. The number of aromatic nitrogens is 2. The number of hydrogen-bond acceptors (Lipinski definition) is 4. The Morgan fingerprint density at radius 3 is 2.64 bits per heavy atom. The quantitative estimate of drug-likeness (QED) is 0.567. The molecule has 0 saturated carbocycles. The van der Waals surface area contributed by atoms with Crippen LogP contribution in [0.4, 0.5) is 0 Å². The van der Waals surface area contributed by atoms with Crippen molar-refractivity contribution in [2.75, 3.05) is 14.2 Å². The van der Waals surface area contributed by atoms with Gasteiger partial charge in [0.05, 0.1) is 24.1 Å². The summed E-state index contributed by atoms with van der Waals surface area (Å²) < 4.78 is 5.29. The Hall–Kier alpha value is -3.18. The molecule has 1 aromatic heterocycles. The zero-order chi connectivity index (χ0) is 19.7. The molecule has 0 aliphatic rings. The van der Waals surface area contributed by atoms with Crippen molar-refractivity contribution in [3.63, 3.8) is 0 Å². The molecule has 0 bridgehead atoms. The minimum atomic E-state index is -0.0968. The second kappa shape index (κ2) is 7.44. The summed E-state index contributed by atoms with van der Waals surface area (Å²) in [4.78, 5) is 22.1. The average Bonchev–Trinajstić information content (AvgIpc) is 2.72. The predicted octanol–water partition coefficient (Wildman–Crippen LogP) is 4.28. The highest BCUT2D eigenvalue weighted by Gasteiger charge is 2.16. The summed E-state index contributed by atoms with van der Waals surface area (Å²) in [7, 11) is 3.72. The predicted molar refractivity (Wildman–Crippen MR) is 113 cm³/mol. The topological polar surface area (TPSA) is 58.2 Å². The molecule has 5 nitrogen and oxygen atoms in total. The number of methoxy groups -OCH3 is 1. The molecule has 0 spiro atoms. The lowest BCUT2D eigenvalue weighted by molar-refractivity contribution is 0.244. The van der Waals surface area contributed by atoms with E-state index in [4.69, 9.17) is 4.74 Å². The van der Waals surface area contributed by atoms with E-state index in [0.29, 0.717) is 11.2 Å². The van der Waals surface area contributed by atoms with Gasteiger partial charge in [-0.15, -0.1) is 0 Å². The van der Waals surface area contributed by atoms with Gasteiger partial charge in [0, 0.05) is 6.54 Å². The molecular formula is C23H23N3O2. The molecule has 142 valence electrons. The summed E-state index contributed by atoms with van der Waals surface area (Å²) in [6.07, 6.45) is 0. The highest BCUT2D eigenvalue weighted by molar-refractivity contribution is 5.84. The van der Waals surface area contributed by atoms with Crippen molar-refractivity contribution >= 4 is 21.7 Å². The Bertz CT molecular complexity index is 1200. The number of H-pyrrole nitrogens is 1. The first-order valence-electron chi connectivity index (χ1n) is 9.31. The maximum atomic E-state index is 12.4. The molecule has 1 N–H and O–H groups in total. The maximum Gasteiger partial charge on any atom is 0.258 e. The van der Waals surface area contributed by atoms with Gasteiger partial charge >= 0.3 is 0 Å². The number of rotatable bonds is 5. The average molecular weight is 373 g/mol. The van der Waals surface area contributed by atoms with Crippen LogP contribution in [0.1, 0.15) is 24.4 Å². The molecule has 0 saturated heterocycles. The van der Waals surface area contributed by atoms with Gasteiger partial charge in [0.1, 0.15) is 11.6 Å². The van der Waals surface area contributed by atoms with Gasteiger partial charge in [-0.05, 0) is 60.6 Å². The Labute approximate surface area is 163 Å². The molecule has 0 fully saturated rings. The Morgan fingerprint density at radius 1 is 1.07 bits per heavy atom. The van der Waals surface area contributed by atoms with E-state index in [2.05, 4.69) is 46.1 Å². The second-order valence-corrected chi connectivity index (χ2v) is 7.11. The van der Waals surface area contributed by atoms with Crippen molar-refractivity contribution in [2.24, 2.45) is 0 Å². The van der Waals surface area contributed by atoms with Crippen molar-refractivity contribution in [3.05, 3.63) is 82.4 Å². The number of nitrogens with zero attached hydrogens (tertiary/aromatic N) is 2. The first kappa shape index (κ1) is 18.2. The molecule has 1 atom stereocenters. The number of ether oxygens (including phenoxy) is 1. The molecule has 0 aliphatic heterocycles. The zero-order valence-electron chi connectivity index (χ0n) is 16.3. The van der Waals surface area contributed by atoms with E-state index in [1.54, 1.807) is 13.2 Å². The number of nitrogens with one attached hydrogen (secondary N) is 1. The Morgan fingerprint density at radius 2 is 1.82 bits per heavy atom. The van der Waals surface area contributed by atoms with Crippen LogP contribution in [0.15, 0.2) is 65.5 Å². The van der Waals surface area contributed by atoms with Crippen molar-refractivity contribution in [2.45, 2.75) is 19.5 Å². The number of fused-ring (bicyclic) bond motifs is 2. The molecule has 4 rings (SSSR count). The molecule has 0 unspecified atom stereocenters. The molecule has 3 aromatic carbocycles. The fraction of sp³-hybridized carbons (Fsp3) is 0.217. The van der Waals surface area contributed by atoms with Crippen LogP contribution in [0.5, 0.6) is 5.75 Å². The fourth-order valence-corrected chi connectivity index (χ4v) is 3.43. The van der Waals surface area contributed by atoms with Crippen LogP contribution >= 0.6 is 0 Å². The van der Waals surface area contributed by atoms with Gasteiger partial charge in [-0.1, -0.05) is 30.3 Å². The molecular weight excluding hydrogens is 350 g/mol. The van der Waals surface area contributed by atoms with E-state index in [1.807, 2.05) is 37.4 Å². The van der Waals surface area contributed by atoms with E-state index >= 15 is 0 Å². The lowest BCUT2D eigenvalue weighted by Crippen LogP contribution is -2.26. The van der Waals surface area contributed by atoms with Gasteiger partial charge in [-0.2, -0.15) is 0 Å². The molecule has 4 aromatic rings. The van der Waals surface area contributed by atoms with Crippen LogP contribution in [0, 0.1) is 0 Å². The van der Waals surface area contributed by atoms with Crippen molar-refractivity contribution in [1.29, 1.82) is 0 Å². The highest BCUT2D eigenvalue weighted by atomic mass is 16.5. The van der Waals surface area contributed by atoms with Crippen LogP contribution in [0.25, 0.3) is 21.7 Å². The van der Waals surface area contributed by atoms with Crippen LogP contribution in [0.2, 0.25) is 0 Å². The minimum Gasteiger partial charge on any atom is -0.497 e. The molecule has 0 radical (unpaired) electrons. The van der Waals surface area contributed by atoms with E-state index in [1.165, 1.54) is 10.9 Å². The molecule has 0 aliphatic carbocycles. The molecule has 28 heavy (non-hydrogen) atoms. The summed E-state index contributed by atoms with van der Waals surface area (Å²) in [5.41, 5.74) is 1.83. The van der Waals surface area contributed by atoms with Crippen LogP contribution in [-0.2, 0) is 6.54 Å². The SMILES string of the molecule is COc1ccc2cc(CN(C)[C@H](C)c3nc4ccccc4c(=O)[nH]3)ccc2c1.